The lowest BCUT2D eigenvalue weighted by atomic mass is 10.2. The summed E-state index contributed by atoms with van der Waals surface area (Å²) in [4.78, 5) is 52.5. The molecule has 216 valence electrons. The van der Waals surface area contributed by atoms with E-state index in [0.717, 1.165) is 0 Å². The van der Waals surface area contributed by atoms with Gasteiger partial charge in [-0.2, -0.15) is 0 Å². The van der Waals surface area contributed by atoms with E-state index >= 15 is 0 Å². The Bertz CT molecular complexity index is 676. The van der Waals surface area contributed by atoms with Gasteiger partial charge >= 0.3 is 5.97 Å². The molecule has 37 heavy (non-hydrogen) atoms. The van der Waals surface area contributed by atoms with Crippen molar-refractivity contribution in [2.24, 2.45) is 0 Å². The van der Waals surface area contributed by atoms with Crippen LogP contribution in [0.4, 0.5) is 0 Å². The maximum atomic E-state index is 12.2. The van der Waals surface area contributed by atoms with Crippen LogP contribution in [0.2, 0.25) is 0 Å². The molecule has 0 aliphatic carbocycles. The SMILES string of the molecule is CC[N+](CC)(CC)OC(=O)CCC(=O)NC(C)COC(C)COCCOCC(C)NC(=O)CCC(C)=O. The number of hydrogen-bond donors (Lipinski definition) is 2. The first-order valence-corrected chi connectivity index (χ1v) is 13.4. The van der Waals surface area contributed by atoms with Gasteiger partial charge in [-0.25, -0.2) is 4.79 Å². The van der Waals surface area contributed by atoms with Crippen LogP contribution in [-0.2, 0) is 38.2 Å². The average molecular weight is 533 g/mol. The molecule has 0 rings (SSSR count). The van der Waals surface area contributed by atoms with E-state index in [4.69, 9.17) is 19.0 Å². The Kier molecular flexibility index (Phi) is 18.8. The highest BCUT2D eigenvalue weighted by molar-refractivity contribution is 5.83. The molecule has 0 radical (unpaired) electrons. The third-order valence-electron chi connectivity index (χ3n) is 5.82. The smallest absolute Gasteiger partial charge is 0.367 e. The number of ketones is 1. The van der Waals surface area contributed by atoms with E-state index in [-0.39, 0.29) is 72.1 Å². The number of carbonyl (C=O) groups excluding carboxylic acids is 4. The Hall–Kier alpha value is -2.08. The summed E-state index contributed by atoms with van der Waals surface area (Å²) in [6.45, 7) is 16.8. The highest BCUT2D eigenvalue weighted by Gasteiger charge is 2.27. The first-order valence-electron chi connectivity index (χ1n) is 13.4. The number of ether oxygens (including phenoxy) is 3. The Balaban J connectivity index is 3.91. The fraction of sp³-hybridized carbons (Fsp3) is 0.846. The minimum Gasteiger partial charge on any atom is -0.377 e. The Labute approximate surface area is 222 Å². The fourth-order valence-corrected chi connectivity index (χ4v) is 3.39. The third kappa shape index (κ3) is 17.9. The Morgan fingerprint density at radius 1 is 0.703 bits per heavy atom. The van der Waals surface area contributed by atoms with Crippen molar-refractivity contribution >= 4 is 23.6 Å². The average Bonchev–Trinajstić information content (AvgIpc) is 2.85. The van der Waals surface area contributed by atoms with Crippen LogP contribution in [0, 0.1) is 0 Å². The van der Waals surface area contributed by atoms with Gasteiger partial charge in [-0.05, 0) is 48.5 Å². The molecule has 0 bridgehead atoms. The lowest BCUT2D eigenvalue weighted by molar-refractivity contribution is -1.09. The molecule has 0 saturated carbocycles. The molecule has 11 heteroatoms. The minimum atomic E-state index is -0.372. The van der Waals surface area contributed by atoms with Gasteiger partial charge in [0.1, 0.15) is 25.4 Å². The van der Waals surface area contributed by atoms with E-state index in [0.29, 0.717) is 52.7 Å². The molecule has 0 aromatic heterocycles. The molecule has 3 unspecified atom stereocenters. The number of hydroxylamine groups is 3. The molecule has 0 heterocycles. The molecule has 0 fully saturated rings. The van der Waals surface area contributed by atoms with Crippen LogP contribution in [0.25, 0.3) is 0 Å². The number of Topliss-reactive ketones (excluding diaryl/α,β-unsaturated/α-hetero) is 1. The maximum absolute atomic E-state index is 12.2. The highest BCUT2D eigenvalue weighted by Crippen LogP contribution is 2.09. The molecule has 11 nitrogen and oxygen atoms in total. The molecule has 0 saturated heterocycles. The summed E-state index contributed by atoms with van der Waals surface area (Å²) in [5.74, 6) is -0.767. The first kappa shape index (κ1) is 34.9. The van der Waals surface area contributed by atoms with Gasteiger partial charge in [0.05, 0.1) is 45.6 Å². The van der Waals surface area contributed by atoms with Crippen LogP contribution in [0.3, 0.4) is 0 Å². The summed E-state index contributed by atoms with van der Waals surface area (Å²) in [7, 11) is 0. The maximum Gasteiger partial charge on any atom is 0.367 e. The van der Waals surface area contributed by atoms with Crippen molar-refractivity contribution in [3.05, 3.63) is 0 Å². The zero-order valence-electron chi connectivity index (χ0n) is 23.9. The van der Waals surface area contributed by atoms with Crippen LogP contribution in [0.1, 0.15) is 74.1 Å². The van der Waals surface area contributed by atoms with Gasteiger partial charge in [0, 0.05) is 31.3 Å². The summed E-state index contributed by atoms with van der Waals surface area (Å²) in [6, 6.07) is -0.362. The molecular formula is C26H50N3O8+. The van der Waals surface area contributed by atoms with Crippen molar-refractivity contribution in [1.82, 2.24) is 10.6 Å². The van der Waals surface area contributed by atoms with Crippen LogP contribution >= 0.6 is 0 Å². The van der Waals surface area contributed by atoms with Crippen LogP contribution in [-0.4, -0.2) is 99.1 Å². The summed E-state index contributed by atoms with van der Waals surface area (Å²) in [6.07, 6.45) is 0.370. The summed E-state index contributed by atoms with van der Waals surface area (Å²) in [5, 5.41) is 5.62. The molecule has 3 atom stereocenters. The number of amides is 2. The van der Waals surface area contributed by atoms with Crippen LogP contribution in [0.5, 0.6) is 0 Å². The monoisotopic (exact) mass is 532 g/mol. The van der Waals surface area contributed by atoms with Gasteiger partial charge in [0.15, 0.2) is 0 Å². The van der Waals surface area contributed by atoms with E-state index in [1.807, 2.05) is 41.5 Å². The zero-order chi connectivity index (χ0) is 28.3. The number of quaternary nitrogens is 1. The van der Waals surface area contributed by atoms with Crippen molar-refractivity contribution < 1.29 is 42.9 Å². The molecule has 0 aliphatic heterocycles. The van der Waals surface area contributed by atoms with Gasteiger partial charge in [-0.15, -0.1) is 4.65 Å². The van der Waals surface area contributed by atoms with E-state index in [9.17, 15) is 19.2 Å². The molecule has 0 aliphatic rings. The number of nitrogens with zero attached hydrogens (tertiary/aromatic N) is 1. The Morgan fingerprint density at radius 2 is 1.19 bits per heavy atom. The molecule has 0 aromatic carbocycles. The normalized spacial score (nSPS) is 13.9. The zero-order valence-corrected chi connectivity index (χ0v) is 23.9. The summed E-state index contributed by atoms with van der Waals surface area (Å²) >= 11 is 0. The van der Waals surface area contributed by atoms with E-state index < -0.39 is 0 Å². The second-order valence-electron chi connectivity index (χ2n) is 9.40. The van der Waals surface area contributed by atoms with Crippen LogP contribution in [0.15, 0.2) is 0 Å². The van der Waals surface area contributed by atoms with Crippen molar-refractivity contribution in [3.8, 4) is 0 Å². The second-order valence-corrected chi connectivity index (χ2v) is 9.40. The fourth-order valence-electron chi connectivity index (χ4n) is 3.39. The number of carbonyl (C=O) groups is 4. The van der Waals surface area contributed by atoms with Gasteiger partial charge in [0.2, 0.25) is 11.8 Å². The molecule has 0 aromatic rings. The van der Waals surface area contributed by atoms with Crippen LogP contribution < -0.4 is 10.6 Å². The van der Waals surface area contributed by atoms with Crippen molar-refractivity contribution in [3.63, 3.8) is 0 Å². The van der Waals surface area contributed by atoms with Crippen molar-refractivity contribution in [1.29, 1.82) is 0 Å². The second kappa shape index (κ2) is 20.0. The third-order valence-corrected chi connectivity index (χ3v) is 5.82. The first-order chi connectivity index (χ1) is 17.5. The largest absolute Gasteiger partial charge is 0.377 e. The molecule has 2 amide bonds. The highest BCUT2D eigenvalue weighted by atomic mass is 16.7. The molecular weight excluding hydrogens is 482 g/mol. The van der Waals surface area contributed by atoms with E-state index in [1.165, 1.54) is 6.92 Å². The topological polar surface area (TPSA) is 129 Å². The van der Waals surface area contributed by atoms with E-state index in [1.54, 1.807) is 0 Å². The van der Waals surface area contributed by atoms with Gasteiger partial charge in [-0.1, -0.05) is 0 Å². The number of rotatable bonds is 22. The minimum absolute atomic E-state index is 0.00973. The number of nitrogens with one attached hydrogen (secondary N) is 2. The van der Waals surface area contributed by atoms with Crippen molar-refractivity contribution in [2.75, 3.05) is 52.7 Å². The number of hydrogen-bond acceptors (Lipinski definition) is 8. The summed E-state index contributed by atoms with van der Waals surface area (Å²) in [5.41, 5.74) is 0. The Morgan fingerprint density at radius 3 is 1.70 bits per heavy atom. The standard InChI is InChI=1S/C26H49N3O8/c1-8-29(9-2,10-3)37-26(33)14-13-25(32)28-21(5)18-36-23(7)19-35-16-15-34-17-20(4)27-24(31)12-11-22(6)30/h20-21,23H,8-19H2,1-7H3,(H-,27,28,31,32)/p+1. The predicted molar refractivity (Wildman–Crippen MR) is 139 cm³/mol. The van der Waals surface area contributed by atoms with Gasteiger partial charge in [-0.3, -0.25) is 14.4 Å². The lowest BCUT2D eigenvalue weighted by Gasteiger charge is -2.31. The van der Waals surface area contributed by atoms with Crippen molar-refractivity contribution in [2.45, 2.75) is 92.3 Å². The van der Waals surface area contributed by atoms with Gasteiger partial charge < -0.3 is 29.6 Å². The van der Waals surface area contributed by atoms with Gasteiger partial charge in [0.25, 0.3) is 0 Å². The molecule has 2 N–H and O–H groups in total. The predicted octanol–water partition coefficient (Wildman–Crippen LogP) is 1.92. The quantitative estimate of drug-likeness (QED) is 0.123. The summed E-state index contributed by atoms with van der Waals surface area (Å²) < 4.78 is 17.0. The van der Waals surface area contributed by atoms with E-state index in [2.05, 4.69) is 10.6 Å². The molecule has 0 spiro atoms. The lowest BCUT2D eigenvalue weighted by Crippen LogP contribution is -2.49.